The zero-order valence-electron chi connectivity index (χ0n) is 15.1. The SMILES string of the molecule is C[C@@H](NC(=O)C1CCN(c2ccc(Cl)nn2)CC1)c1cc2ccccc2o1. The van der Waals surface area contributed by atoms with Crippen molar-refractivity contribution in [3.63, 3.8) is 0 Å². The zero-order valence-corrected chi connectivity index (χ0v) is 15.8. The van der Waals surface area contributed by atoms with Crippen LogP contribution in [0.25, 0.3) is 11.0 Å². The number of carbonyl (C=O) groups is 1. The molecule has 0 unspecified atom stereocenters. The predicted octanol–water partition coefficient (Wildman–Crippen LogP) is 3.97. The summed E-state index contributed by atoms with van der Waals surface area (Å²) in [5, 5.41) is 12.5. The van der Waals surface area contributed by atoms with Gasteiger partial charge in [-0.05, 0) is 44.0 Å². The first kappa shape index (κ1) is 17.8. The highest BCUT2D eigenvalue weighted by molar-refractivity contribution is 6.29. The van der Waals surface area contributed by atoms with Gasteiger partial charge in [-0.15, -0.1) is 10.2 Å². The topological polar surface area (TPSA) is 71.3 Å². The lowest BCUT2D eigenvalue weighted by Crippen LogP contribution is -2.41. The van der Waals surface area contributed by atoms with E-state index in [2.05, 4.69) is 20.4 Å². The first-order valence-electron chi connectivity index (χ1n) is 9.13. The molecule has 1 fully saturated rings. The van der Waals surface area contributed by atoms with E-state index in [1.54, 1.807) is 6.07 Å². The third-order valence-electron chi connectivity index (χ3n) is 5.04. The Bertz CT molecular complexity index is 900. The zero-order chi connectivity index (χ0) is 18.8. The number of nitrogens with zero attached hydrogens (tertiary/aromatic N) is 3. The third kappa shape index (κ3) is 3.90. The van der Waals surface area contributed by atoms with Crippen molar-refractivity contribution in [1.29, 1.82) is 0 Å². The highest BCUT2D eigenvalue weighted by Gasteiger charge is 2.27. The van der Waals surface area contributed by atoms with Gasteiger partial charge in [0.2, 0.25) is 5.91 Å². The van der Waals surface area contributed by atoms with Gasteiger partial charge in [-0.25, -0.2) is 0 Å². The van der Waals surface area contributed by atoms with E-state index in [9.17, 15) is 4.79 Å². The van der Waals surface area contributed by atoms with E-state index < -0.39 is 0 Å². The van der Waals surface area contributed by atoms with Gasteiger partial charge in [-0.3, -0.25) is 4.79 Å². The van der Waals surface area contributed by atoms with Gasteiger partial charge in [-0.1, -0.05) is 29.8 Å². The molecule has 140 valence electrons. The van der Waals surface area contributed by atoms with Crippen LogP contribution in [0.2, 0.25) is 5.15 Å². The number of hydrogen-bond donors (Lipinski definition) is 1. The van der Waals surface area contributed by atoms with E-state index >= 15 is 0 Å². The van der Waals surface area contributed by atoms with Gasteiger partial charge in [0, 0.05) is 24.4 Å². The Balaban J connectivity index is 1.34. The Morgan fingerprint density at radius 2 is 2.00 bits per heavy atom. The van der Waals surface area contributed by atoms with Crippen molar-refractivity contribution in [2.45, 2.75) is 25.8 Å². The fourth-order valence-corrected chi connectivity index (χ4v) is 3.57. The quantitative estimate of drug-likeness (QED) is 0.736. The molecular weight excluding hydrogens is 364 g/mol. The minimum Gasteiger partial charge on any atom is -0.459 e. The van der Waals surface area contributed by atoms with Crippen molar-refractivity contribution in [2.24, 2.45) is 5.92 Å². The van der Waals surface area contributed by atoms with Crippen LogP contribution in [0.15, 0.2) is 46.9 Å². The summed E-state index contributed by atoms with van der Waals surface area (Å²) < 4.78 is 5.85. The maximum Gasteiger partial charge on any atom is 0.223 e. The van der Waals surface area contributed by atoms with Gasteiger partial charge in [0.1, 0.15) is 11.3 Å². The standard InChI is InChI=1S/C20H21ClN4O2/c1-13(17-12-15-4-2-3-5-16(15)27-17)22-20(26)14-8-10-25(11-9-14)19-7-6-18(21)23-24-19/h2-7,12-14H,8-11H2,1H3,(H,22,26)/t13-/m1/s1. The van der Waals surface area contributed by atoms with Gasteiger partial charge in [0.15, 0.2) is 11.0 Å². The minimum absolute atomic E-state index is 0.00617. The van der Waals surface area contributed by atoms with Crippen molar-refractivity contribution in [3.05, 3.63) is 53.4 Å². The number of anilines is 1. The molecule has 27 heavy (non-hydrogen) atoms. The summed E-state index contributed by atoms with van der Waals surface area (Å²) >= 11 is 5.79. The maximum atomic E-state index is 12.7. The predicted molar refractivity (Wildman–Crippen MR) is 105 cm³/mol. The second-order valence-electron chi connectivity index (χ2n) is 6.89. The average Bonchev–Trinajstić information content (AvgIpc) is 3.13. The summed E-state index contributed by atoms with van der Waals surface area (Å²) in [4.78, 5) is 14.8. The fraction of sp³-hybridized carbons (Fsp3) is 0.350. The highest BCUT2D eigenvalue weighted by Crippen LogP contribution is 2.26. The number of aromatic nitrogens is 2. The minimum atomic E-state index is -0.162. The van der Waals surface area contributed by atoms with E-state index in [-0.39, 0.29) is 17.9 Å². The molecule has 1 aliphatic heterocycles. The lowest BCUT2D eigenvalue weighted by Gasteiger charge is -2.32. The molecule has 1 atom stereocenters. The number of amides is 1. The van der Waals surface area contributed by atoms with Crippen molar-refractivity contribution in [2.75, 3.05) is 18.0 Å². The first-order chi connectivity index (χ1) is 13.1. The van der Waals surface area contributed by atoms with Crippen LogP contribution in [0.3, 0.4) is 0 Å². The molecule has 4 rings (SSSR count). The van der Waals surface area contributed by atoms with Crippen molar-refractivity contribution in [1.82, 2.24) is 15.5 Å². The molecule has 0 radical (unpaired) electrons. The lowest BCUT2D eigenvalue weighted by molar-refractivity contribution is -0.126. The summed E-state index contributed by atoms with van der Waals surface area (Å²) in [6.45, 7) is 3.49. The number of rotatable bonds is 4. The monoisotopic (exact) mass is 384 g/mol. The van der Waals surface area contributed by atoms with Gasteiger partial charge in [-0.2, -0.15) is 0 Å². The number of carbonyl (C=O) groups excluding carboxylic acids is 1. The normalized spacial score (nSPS) is 16.4. The Kier molecular flexibility index (Phi) is 4.99. The summed E-state index contributed by atoms with van der Waals surface area (Å²) in [6, 6.07) is 13.3. The fourth-order valence-electron chi connectivity index (χ4n) is 3.47. The van der Waals surface area contributed by atoms with Crippen molar-refractivity contribution >= 4 is 34.3 Å². The molecule has 2 aromatic heterocycles. The van der Waals surface area contributed by atoms with E-state index in [0.29, 0.717) is 5.15 Å². The maximum absolute atomic E-state index is 12.7. The summed E-state index contributed by atoms with van der Waals surface area (Å²) in [7, 11) is 0. The molecule has 3 heterocycles. The molecule has 3 aromatic rings. The van der Waals surface area contributed by atoms with Crippen LogP contribution >= 0.6 is 11.6 Å². The lowest BCUT2D eigenvalue weighted by atomic mass is 9.95. The number of piperidine rings is 1. The first-order valence-corrected chi connectivity index (χ1v) is 9.51. The van der Waals surface area contributed by atoms with Crippen LogP contribution in [0.1, 0.15) is 31.6 Å². The number of nitrogens with one attached hydrogen (secondary N) is 1. The molecule has 1 aliphatic rings. The van der Waals surface area contributed by atoms with Crippen LogP contribution in [0.5, 0.6) is 0 Å². The molecule has 0 saturated carbocycles. The third-order valence-corrected chi connectivity index (χ3v) is 5.24. The van der Waals surface area contributed by atoms with Gasteiger partial charge < -0.3 is 14.6 Å². The second-order valence-corrected chi connectivity index (χ2v) is 7.28. The Labute approximate surface area is 162 Å². The smallest absolute Gasteiger partial charge is 0.223 e. The average molecular weight is 385 g/mol. The van der Waals surface area contributed by atoms with E-state index in [1.165, 1.54) is 0 Å². The van der Waals surface area contributed by atoms with E-state index in [1.807, 2.05) is 43.3 Å². The van der Waals surface area contributed by atoms with Gasteiger partial charge in [0.05, 0.1) is 6.04 Å². The summed E-state index contributed by atoms with van der Waals surface area (Å²) in [5.74, 6) is 1.64. The Morgan fingerprint density at radius 1 is 1.22 bits per heavy atom. The molecule has 1 amide bonds. The van der Waals surface area contributed by atoms with Crippen molar-refractivity contribution < 1.29 is 9.21 Å². The Hall–Kier alpha value is -2.60. The number of fused-ring (bicyclic) bond motifs is 1. The van der Waals surface area contributed by atoms with Crippen LogP contribution < -0.4 is 10.2 Å². The molecule has 1 aromatic carbocycles. The molecule has 0 aliphatic carbocycles. The van der Waals surface area contributed by atoms with E-state index in [0.717, 1.165) is 48.5 Å². The van der Waals surface area contributed by atoms with Crippen LogP contribution in [0.4, 0.5) is 5.82 Å². The number of furan rings is 1. The highest BCUT2D eigenvalue weighted by atomic mass is 35.5. The van der Waals surface area contributed by atoms with Gasteiger partial charge >= 0.3 is 0 Å². The molecule has 7 heteroatoms. The number of hydrogen-bond acceptors (Lipinski definition) is 5. The molecule has 0 spiro atoms. The van der Waals surface area contributed by atoms with Crippen LogP contribution in [-0.4, -0.2) is 29.2 Å². The largest absolute Gasteiger partial charge is 0.459 e. The number of halogens is 1. The summed E-state index contributed by atoms with van der Waals surface area (Å²) in [6.07, 6.45) is 1.56. The molecule has 6 nitrogen and oxygen atoms in total. The van der Waals surface area contributed by atoms with E-state index in [4.69, 9.17) is 16.0 Å². The van der Waals surface area contributed by atoms with Crippen LogP contribution in [0, 0.1) is 5.92 Å². The number of para-hydroxylation sites is 1. The Morgan fingerprint density at radius 3 is 2.70 bits per heavy atom. The van der Waals surface area contributed by atoms with Gasteiger partial charge in [0.25, 0.3) is 0 Å². The molecule has 0 bridgehead atoms. The number of benzene rings is 1. The second kappa shape index (κ2) is 7.56. The molecular formula is C20H21ClN4O2. The molecule has 1 saturated heterocycles. The summed E-state index contributed by atoms with van der Waals surface area (Å²) in [5.41, 5.74) is 0.839. The van der Waals surface area contributed by atoms with Crippen LogP contribution in [-0.2, 0) is 4.79 Å². The van der Waals surface area contributed by atoms with Crippen molar-refractivity contribution in [3.8, 4) is 0 Å². The molecule has 1 N–H and O–H groups in total.